The minimum absolute atomic E-state index is 0.0958. The van der Waals surface area contributed by atoms with Gasteiger partial charge in [0.15, 0.2) is 6.10 Å². The number of esters is 3. The summed E-state index contributed by atoms with van der Waals surface area (Å²) in [5.41, 5.74) is 0. The van der Waals surface area contributed by atoms with Crippen LogP contribution >= 0.6 is 0 Å². The van der Waals surface area contributed by atoms with E-state index in [4.69, 9.17) is 14.2 Å². The van der Waals surface area contributed by atoms with Gasteiger partial charge in [0.1, 0.15) is 13.2 Å². The van der Waals surface area contributed by atoms with Crippen LogP contribution in [0.25, 0.3) is 0 Å². The quantitative estimate of drug-likeness (QED) is 0.0261. The van der Waals surface area contributed by atoms with E-state index in [2.05, 4.69) is 179 Å². The smallest absolute Gasteiger partial charge is 0.306 e. The topological polar surface area (TPSA) is 78.9 Å². The zero-order chi connectivity index (χ0) is 56.4. The Morgan fingerprint density at radius 2 is 0.500 bits per heavy atom. The predicted octanol–water partition coefficient (Wildman–Crippen LogP) is 21.7. The van der Waals surface area contributed by atoms with E-state index < -0.39 is 6.10 Å². The number of carbonyl (C=O) groups excluding carboxylic acids is 3. The Labute approximate surface area is 480 Å². The molecule has 0 amide bonds. The van der Waals surface area contributed by atoms with Crippen molar-refractivity contribution in [2.45, 2.75) is 264 Å². The van der Waals surface area contributed by atoms with Crippen LogP contribution < -0.4 is 0 Å². The molecule has 0 aliphatic carbocycles. The van der Waals surface area contributed by atoms with E-state index in [-0.39, 0.29) is 31.1 Å². The highest BCUT2D eigenvalue weighted by Gasteiger charge is 2.19. The zero-order valence-corrected chi connectivity index (χ0v) is 50.1. The number of unbranched alkanes of at least 4 members (excludes halogenated alkanes) is 18. The zero-order valence-electron chi connectivity index (χ0n) is 50.1. The summed E-state index contributed by atoms with van der Waals surface area (Å²) in [6.45, 7) is 6.32. The van der Waals surface area contributed by atoms with Crippen molar-refractivity contribution in [3.63, 3.8) is 0 Å². The van der Waals surface area contributed by atoms with Gasteiger partial charge in [0.25, 0.3) is 0 Å². The Balaban J connectivity index is 4.19. The first-order chi connectivity index (χ1) is 38.5. The summed E-state index contributed by atoms with van der Waals surface area (Å²) in [5.74, 6) is -0.942. The van der Waals surface area contributed by atoms with E-state index in [1.165, 1.54) is 57.8 Å². The third kappa shape index (κ3) is 61.9. The fraction of sp³-hybridized carbons (Fsp3) is 0.597. The maximum atomic E-state index is 12.8. The fourth-order valence-corrected chi connectivity index (χ4v) is 8.13. The second kappa shape index (κ2) is 64.6. The molecule has 1 unspecified atom stereocenters. The van der Waals surface area contributed by atoms with Gasteiger partial charge in [0, 0.05) is 19.3 Å². The predicted molar refractivity (Wildman–Crippen MR) is 338 cm³/mol. The van der Waals surface area contributed by atoms with Gasteiger partial charge >= 0.3 is 17.9 Å². The molecule has 0 saturated heterocycles. The van der Waals surface area contributed by atoms with Gasteiger partial charge in [-0.25, -0.2) is 0 Å². The summed E-state index contributed by atoms with van der Waals surface area (Å²) in [6.07, 6.45) is 94.2. The Bertz CT molecular complexity index is 1760. The highest BCUT2D eigenvalue weighted by atomic mass is 16.6. The lowest BCUT2D eigenvalue weighted by Crippen LogP contribution is -2.30. The summed E-state index contributed by atoms with van der Waals surface area (Å²) in [7, 11) is 0. The van der Waals surface area contributed by atoms with Gasteiger partial charge in [0.2, 0.25) is 0 Å². The highest BCUT2D eigenvalue weighted by Crippen LogP contribution is 2.14. The molecule has 0 aliphatic rings. The van der Waals surface area contributed by atoms with E-state index >= 15 is 0 Å². The molecule has 0 rings (SSSR count). The molecular formula is C72H114O6. The first-order valence-corrected chi connectivity index (χ1v) is 31.5. The number of allylic oxidation sites excluding steroid dienone is 26. The molecule has 0 N–H and O–H groups in total. The maximum Gasteiger partial charge on any atom is 0.306 e. The summed E-state index contributed by atoms with van der Waals surface area (Å²) >= 11 is 0. The molecule has 0 aromatic carbocycles. The standard InChI is InChI=1S/C72H114O6/c1-4-7-10-13-16-18-20-22-24-26-28-30-32-33-34-35-36-37-38-39-41-42-44-46-48-50-52-54-56-59-62-65-71(74)77-68-69(67-76-70(73)64-61-58-15-12-9-6-3)78-72(75)66-63-60-57-55-53-51-49-47-45-43-40-31-29-27-25-23-21-19-17-14-11-8-5-2/h7-8,10-11,16-19,22-25,28-31,33-34,36-37,39,41,43,45,49,51,69H,4-6,9,12-15,20-21,26-27,32,35,38,40,42,44,46-48,50,52-68H2,1-3H3/b10-7-,11-8-,18-16-,19-17-,24-22-,25-23-,30-28-,31-29-,34-33-,37-36-,41-39-,45-43-,51-49-. The van der Waals surface area contributed by atoms with Crippen LogP contribution in [0.1, 0.15) is 258 Å². The Kier molecular flexibility index (Phi) is 60.4. The summed E-state index contributed by atoms with van der Waals surface area (Å²) in [5, 5.41) is 0. The molecule has 0 aromatic rings. The largest absolute Gasteiger partial charge is 0.462 e. The third-order valence-electron chi connectivity index (χ3n) is 12.8. The Hall–Kier alpha value is -4.97. The van der Waals surface area contributed by atoms with Crippen LogP contribution in [0.4, 0.5) is 0 Å². The highest BCUT2D eigenvalue weighted by molar-refractivity contribution is 5.71. The van der Waals surface area contributed by atoms with Crippen LogP contribution in [-0.2, 0) is 28.6 Å². The molecule has 0 saturated carbocycles. The van der Waals surface area contributed by atoms with Crippen molar-refractivity contribution in [1.82, 2.24) is 0 Å². The van der Waals surface area contributed by atoms with Gasteiger partial charge in [-0.05, 0) is 128 Å². The molecule has 1 atom stereocenters. The normalized spacial score (nSPS) is 13.2. The van der Waals surface area contributed by atoms with E-state index in [0.717, 1.165) is 161 Å². The molecule has 6 nitrogen and oxygen atoms in total. The maximum absolute atomic E-state index is 12.8. The second-order valence-electron chi connectivity index (χ2n) is 20.2. The first-order valence-electron chi connectivity index (χ1n) is 31.5. The van der Waals surface area contributed by atoms with Crippen molar-refractivity contribution in [3.8, 4) is 0 Å². The summed E-state index contributed by atoms with van der Waals surface area (Å²) in [4.78, 5) is 38.0. The fourth-order valence-electron chi connectivity index (χ4n) is 8.13. The SMILES string of the molecule is CC/C=C\C/C=C\C/C=C\C/C=C\C/C=C\C/C=C\C/C=C\CCCCCCCCCCCC(=O)OCC(COC(=O)CCCCCCCC)OC(=O)CCCCCC/C=C\C/C=C\C/C=C\C/C=C\C/C=C\C/C=C\CC. The number of hydrogen-bond acceptors (Lipinski definition) is 6. The van der Waals surface area contributed by atoms with Crippen molar-refractivity contribution in [2.75, 3.05) is 13.2 Å². The molecule has 0 heterocycles. The molecule has 0 aliphatic heterocycles. The molecule has 6 heteroatoms. The number of ether oxygens (including phenoxy) is 3. The summed E-state index contributed by atoms with van der Waals surface area (Å²) < 4.78 is 16.8. The Morgan fingerprint density at radius 3 is 0.782 bits per heavy atom. The van der Waals surface area contributed by atoms with Crippen LogP contribution in [0.15, 0.2) is 158 Å². The van der Waals surface area contributed by atoms with Gasteiger partial charge in [0.05, 0.1) is 0 Å². The summed E-state index contributed by atoms with van der Waals surface area (Å²) in [6, 6.07) is 0. The average molecular weight is 1080 g/mol. The van der Waals surface area contributed by atoms with E-state index in [9.17, 15) is 14.4 Å². The van der Waals surface area contributed by atoms with Crippen LogP contribution in [0.3, 0.4) is 0 Å². The molecule has 78 heavy (non-hydrogen) atoms. The number of carbonyl (C=O) groups is 3. The molecular weight excluding hydrogens is 961 g/mol. The minimum atomic E-state index is -0.799. The lowest BCUT2D eigenvalue weighted by Gasteiger charge is -2.18. The van der Waals surface area contributed by atoms with Crippen molar-refractivity contribution >= 4 is 17.9 Å². The van der Waals surface area contributed by atoms with Crippen LogP contribution in [0.5, 0.6) is 0 Å². The van der Waals surface area contributed by atoms with E-state index in [1.807, 2.05) is 0 Å². The van der Waals surface area contributed by atoms with Crippen molar-refractivity contribution in [3.05, 3.63) is 158 Å². The third-order valence-corrected chi connectivity index (χ3v) is 12.8. The number of hydrogen-bond donors (Lipinski definition) is 0. The molecule has 0 spiro atoms. The molecule has 0 radical (unpaired) electrons. The average Bonchev–Trinajstić information content (AvgIpc) is 3.44. The molecule has 0 bridgehead atoms. The van der Waals surface area contributed by atoms with Crippen molar-refractivity contribution < 1.29 is 28.6 Å². The van der Waals surface area contributed by atoms with Gasteiger partial charge in [-0.1, -0.05) is 269 Å². The van der Waals surface area contributed by atoms with Gasteiger partial charge in [-0.3, -0.25) is 14.4 Å². The molecule has 0 aromatic heterocycles. The van der Waals surface area contributed by atoms with Crippen molar-refractivity contribution in [2.24, 2.45) is 0 Å². The van der Waals surface area contributed by atoms with E-state index in [1.54, 1.807) is 0 Å². The van der Waals surface area contributed by atoms with Crippen LogP contribution in [0, 0.1) is 0 Å². The van der Waals surface area contributed by atoms with Gasteiger partial charge < -0.3 is 14.2 Å². The first kappa shape index (κ1) is 73.0. The lowest BCUT2D eigenvalue weighted by atomic mass is 10.1. The monoisotopic (exact) mass is 1070 g/mol. The van der Waals surface area contributed by atoms with Crippen molar-refractivity contribution in [1.29, 1.82) is 0 Å². The van der Waals surface area contributed by atoms with Crippen LogP contribution in [-0.4, -0.2) is 37.2 Å². The van der Waals surface area contributed by atoms with Gasteiger partial charge in [-0.2, -0.15) is 0 Å². The lowest BCUT2D eigenvalue weighted by molar-refractivity contribution is -0.167. The van der Waals surface area contributed by atoms with E-state index in [0.29, 0.717) is 19.3 Å². The van der Waals surface area contributed by atoms with Gasteiger partial charge in [-0.15, -0.1) is 0 Å². The molecule has 0 fully saturated rings. The second-order valence-corrected chi connectivity index (χ2v) is 20.2. The Morgan fingerprint density at radius 1 is 0.269 bits per heavy atom. The minimum Gasteiger partial charge on any atom is -0.462 e. The number of rotatable bonds is 55. The molecule has 438 valence electrons. The van der Waals surface area contributed by atoms with Crippen LogP contribution in [0.2, 0.25) is 0 Å².